The number of nitriles is 2. The van der Waals surface area contributed by atoms with E-state index in [9.17, 15) is 14.7 Å². The lowest BCUT2D eigenvalue weighted by atomic mass is 10.1. The third-order valence-electron chi connectivity index (χ3n) is 4.56. The molecule has 8 nitrogen and oxygen atoms in total. The first-order valence-corrected chi connectivity index (χ1v) is 9.22. The lowest BCUT2D eigenvalue weighted by Gasteiger charge is -2.22. The molecule has 30 heavy (non-hydrogen) atoms. The van der Waals surface area contributed by atoms with Crippen molar-refractivity contribution in [3.63, 3.8) is 0 Å². The molecule has 1 heterocycles. The van der Waals surface area contributed by atoms with Crippen molar-refractivity contribution in [3.8, 4) is 12.1 Å². The number of hydrogen-bond acceptors (Lipinski definition) is 5. The van der Waals surface area contributed by atoms with E-state index < -0.39 is 24.0 Å². The van der Waals surface area contributed by atoms with Crippen LogP contribution in [0.15, 0.2) is 48.7 Å². The van der Waals surface area contributed by atoms with Crippen LogP contribution in [0.2, 0.25) is 5.02 Å². The van der Waals surface area contributed by atoms with Crippen molar-refractivity contribution in [1.29, 1.82) is 10.5 Å². The summed E-state index contributed by atoms with van der Waals surface area (Å²) in [4.78, 5) is 25.0. The Bertz CT molecular complexity index is 1200. The van der Waals surface area contributed by atoms with Gasteiger partial charge < -0.3 is 9.67 Å². The van der Waals surface area contributed by atoms with Gasteiger partial charge in [0.1, 0.15) is 12.1 Å². The number of nitrogens with one attached hydrogen (secondary N) is 2. The second kappa shape index (κ2) is 8.66. The quantitative estimate of drug-likeness (QED) is 0.557. The fourth-order valence-electron chi connectivity index (χ4n) is 3.07. The molecule has 2 atom stereocenters. The maximum Gasteiger partial charge on any atom is 0.269 e. The lowest BCUT2D eigenvalue weighted by molar-refractivity contribution is -0.127. The zero-order chi connectivity index (χ0) is 21.8. The molecule has 0 radical (unpaired) electrons. The summed E-state index contributed by atoms with van der Waals surface area (Å²) >= 11 is 6.24. The topological polar surface area (TPSA) is 131 Å². The normalized spacial score (nSPS) is 12.4. The van der Waals surface area contributed by atoms with Crippen LogP contribution >= 0.6 is 11.6 Å². The molecule has 1 aromatic heterocycles. The molecule has 0 spiro atoms. The summed E-state index contributed by atoms with van der Waals surface area (Å²) in [6.07, 6.45) is 0.485. The molecule has 0 bridgehead atoms. The first-order valence-electron chi connectivity index (χ1n) is 8.85. The highest BCUT2D eigenvalue weighted by molar-refractivity contribution is 6.36. The molecule has 0 fully saturated rings. The first-order chi connectivity index (χ1) is 14.4. The van der Waals surface area contributed by atoms with E-state index in [2.05, 4.69) is 10.9 Å². The predicted octanol–water partition coefficient (Wildman–Crippen LogP) is 2.42. The Morgan fingerprint density at radius 1 is 1.07 bits per heavy atom. The van der Waals surface area contributed by atoms with Crippen LogP contribution < -0.4 is 10.9 Å². The molecule has 3 N–H and O–H groups in total. The second-order valence-electron chi connectivity index (χ2n) is 6.51. The molecule has 0 saturated heterocycles. The SMILES string of the molecule is C[C@H](O)[C@H](C(=O)NNC(=O)c1ccc(C#N)cc1)n1ccc2c(Cl)c(C#N)ccc21. The fraction of sp³-hybridized carbons (Fsp3) is 0.143. The van der Waals surface area contributed by atoms with Crippen LogP contribution in [0.25, 0.3) is 10.9 Å². The number of aliphatic hydroxyl groups excluding tert-OH is 1. The average molecular weight is 422 g/mol. The number of carbonyl (C=O) groups is 2. The van der Waals surface area contributed by atoms with E-state index in [0.717, 1.165) is 0 Å². The van der Waals surface area contributed by atoms with E-state index >= 15 is 0 Å². The van der Waals surface area contributed by atoms with Crippen LogP contribution in [0.5, 0.6) is 0 Å². The number of carbonyl (C=O) groups excluding carboxylic acids is 2. The van der Waals surface area contributed by atoms with Gasteiger partial charge in [-0.25, -0.2) is 0 Å². The summed E-state index contributed by atoms with van der Waals surface area (Å²) in [7, 11) is 0. The van der Waals surface area contributed by atoms with Crippen LogP contribution in [0.4, 0.5) is 0 Å². The Labute approximate surface area is 176 Å². The van der Waals surface area contributed by atoms with E-state index in [1.807, 2.05) is 12.1 Å². The monoisotopic (exact) mass is 421 g/mol. The van der Waals surface area contributed by atoms with Gasteiger partial charge in [-0.3, -0.25) is 20.4 Å². The summed E-state index contributed by atoms with van der Waals surface area (Å²) < 4.78 is 1.52. The van der Waals surface area contributed by atoms with E-state index in [-0.39, 0.29) is 10.6 Å². The number of benzene rings is 2. The maximum absolute atomic E-state index is 12.7. The van der Waals surface area contributed by atoms with Crippen molar-refractivity contribution >= 4 is 34.3 Å². The van der Waals surface area contributed by atoms with E-state index in [0.29, 0.717) is 22.0 Å². The van der Waals surface area contributed by atoms with Crippen LogP contribution in [-0.4, -0.2) is 27.6 Å². The summed E-state index contributed by atoms with van der Waals surface area (Å²) in [5, 5.41) is 29.0. The van der Waals surface area contributed by atoms with Gasteiger partial charge in [-0.1, -0.05) is 11.6 Å². The van der Waals surface area contributed by atoms with Gasteiger partial charge in [0.25, 0.3) is 11.8 Å². The average Bonchev–Trinajstić information content (AvgIpc) is 3.16. The molecule has 0 unspecified atom stereocenters. The summed E-state index contributed by atoms with van der Waals surface area (Å²) in [5.74, 6) is -1.22. The lowest BCUT2D eigenvalue weighted by Crippen LogP contribution is -2.47. The van der Waals surface area contributed by atoms with Crippen molar-refractivity contribution in [2.45, 2.75) is 19.1 Å². The van der Waals surface area contributed by atoms with Crippen molar-refractivity contribution in [2.75, 3.05) is 0 Å². The van der Waals surface area contributed by atoms with Gasteiger partial charge >= 0.3 is 0 Å². The summed E-state index contributed by atoms with van der Waals surface area (Å²) in [6, 6.07) is 13.6. The minimum absolute atomic E-state index is 0.255. The number of halogens is 1. The van der Waals surface area contributed by atoms with Crippen LogP contribution in [0.3, 0.4) is 0 Å². The van der Waals surface area contributed by atoms with Gasteiger partial charge in [0.2, 0.25) is 0 Å². The van der Waals surface area contributed by atoms with Crippen LogP contribution in [0, 0.1) is 22.7 Å². The van der Waals surface area contributed by atoms with Crippen molar-refractivity contribution in [1.82, 2.24) is 15.4 Å². The zero-order valence-corrected chi connectivity index (χ0v) is 16.5. The minimum Gasteiger partial charge on any atom is -0.391 e. The third-order valence-corrected chi connectivity index (χ3v) is 4.97. The summed E-state index contributed by atoms with van der Waals surface area (Å²) in [6.45, 7) is 1.45. The molecule has 2 amide bonds. The number of fused-ring (bicyclic) bond motifs is 1. The number of hydrogen-bond donors (Lipinski definition) is 3. The molecule has 3 aromatic rings. The van der Waals surface area contributed by atoms with Gasteiger partial charge in [-0.15, -0.1) is 0 Å². The van der Waals surface area contributed by atoms with Gasteiger partial charge in [-0.05, 0) is 49.4 Å². The first kappa shape index (κ1) is 20.9. The molecule has 3 rings (SSSR count). The molecular formula is C21H16ClN5O3. The number of hydrazine groups is 1. The highest BCUT2D eigenvalue weighted by Gasteiger charge is 2.27. The molecule has 150 valence electrons. The van der Waals surface area contributed by atoms with Gasteiger partial charge in [0.15, 0.2) is 0 Å². The number of aliphatic hydroxyl groups is 1. The summed E-state index contributed by atoms with van der Waals surface area (Å²) in [5.41, 5.74) is 6.12. The molecule has 0 aliphatic carbocycles. The molecule has 2 aromatic carbocycles. The van der Waals surface area contributed by atoms with Crippen molar-refractivity contribution < 1.29 is 14.7 Å². The van der Waals surface area contributed by atoms with Gasteiger partial charge in [0, 0.05) is 17.1 Å². The number of aromatic nitrogens is 1. The highest BCUT2D eigenvalue weighted by Crippen LogP contribution is 2.30. The standard InChI is InChI=1S/C21H16ClN5O3/c1-12(28)19(27-9-8-16-17(27)7-6-15(11-24)18(16)22)21(30)26-25-20(29)14-4-2-13(10-23)3-5-14/h2-9,12,19,28H,1H3,(H,25,29)(H,26,30)/t12-,19+/m0/s1. The molecule has 0 aliphatic rings. The van der Waals surface area contributed by atoms with E-state index in [1.165, 1.54) is 41.8 Å². The molecule has 9 heteroatoms. The minimum atomic E-state index is -1.10. The highest BCUT2D eigenvalue weighted by atomic mass is 35.5. The Hall–Kier alpha value is -3.85. The second-order valence-corrected chi connectivity index (χ2v) is 6.89. The number of nitrogens with zero attached hydrogens (tertiary/aromatic N) is 3. The maximum atomic E-state index is 12.7. The van der Waals surface area contributed by atoms with Gasteiger partial charge in [-0.2, -0.15) is 10.5 Å². The Kier molecular flexibility index (Phi) is 6.03. The predicted molar refractivity (Wildman–Crippen MR) is 109 cm³/mol. The van der Waals surface area contributed by atoms with Crippen molar-refractivity contribution in [2.24, 2.45) is 0 Å². The fourth-order valence-corrected chi connectivity index (χ4v) is 3.33. The van der Waals surface area contributed by atoms with Gasteiger partial charge in [0.05, 0.1) is 33.8 Å². The zero-order valence-electron chi connectivity index (χ0n) is 15.8. The van der Waals surface area contributed by atoms with Crippen LogP contribution in [0.1, 0.15) is 34.5 Å². The third kappa shape index (κ3) is 3.96. The molecular weight excluding hydrogens is 406 g/mol. The molecule has 0 saturated carbocycles. The Balaban J connectivity index is 1.81. The smallest absolute Gasteiger partial charge is 0.269 e. The Morgan fingerprint density at radius 2 is 1.77 bits per heavy atom. The Morgan fingerprint density at radius 3 is 2.37 bits per heavy atom. The number of rotatable bonds is 4. The van der Waals surface area contributed by atoms with Crippen LogP contribution in [-0.2, 0) is 4.79 Å². The largest absolute Gasteiger partial charge is 0.391 e. The number of amides is 2. The van der Waals surface area contributed by atoms with Crippen molar-refractivity contribution in [3.05, 3.63) is 70.4 Å². The van der Waals surface area contributed by atoms with E-state index in [1.54, 1.807) is 18.3 Å². The molecule has 0 aliphatic heterocycles. The van der Waals surface area contributed by atoms with E-state index in [4.69, 9.17) is 22.1 Å².